The maximum atomic E-state index is 13.4. The third kappa shape index (κ3) is 3.61. The first kappa shape index (κ1) is 18.9. The van der Waals surface area contributed by atoms with E-state index in [9.17, 15) is 4.79 Å². The second-order valence-corrected chi connectivity index (χ2v) is 8.34. The predicted octanol–water partition coefficient (Wildman–Crippen LogP) is 3.76. The molecule has 2 aliphatic heterocycles. The summed E-state index contributed by atoms with van der Waals surface area (Å²) in [5, 5.41) is 0. The molecular formula is C25H26N4O. The summed E-state index contributed by atoms with van der Waals surface area (Å²) in [6.45, 7) is 3.38. The Morgan fingerprint density at radius 3 is 2.70 bits per heavy atom. The lowest BCUT2D eigenvalue weighted by Crippen LogP contribution is -2.30. The average Bonchev–Trinajstić information content (AvgIpc) is 3.29. The molecule has 1 saturated heterocycles. The van der Waals surface area contributed by atoms with Crippen molar-refractivity contribution in [3.63, 3.8) is 0 Å². The molecular weight excluding hydrogens is 372 g/mol. The molecule has 0 aliphatic carbocycles. The number of fused-ring (bicyclic) bond motifs is 1. The number of likely N-dealkylation sites (N-methyl/N-ethyl adjacent to an activating group) is 1. The Morgan fingerprint density at radius 2 is 1.83 bits per heavy atom. The number of aromatic nitrogens is 2. The fourth-order valence-corrected chi connectivity index (χ4v) is 4.53. The van der Waals surface area contributed by atoms with Crippen molar-refractivity contribution < 1.29 is 4.79 Å². The van der Waals surface area contributed by atoms with Crippen LogP contribution in [-0.4, -0.2) is 52.4 Å². The number of amides is 1. The molecule has 0 N–H and O–H groups in total. The van der Waals surface area contributed by atoms with Gasteiger partial charge in [0.15, 0.2) is 0 Å². The van der Waals surface area contributed by atoms with Crippen molar-refractivity contribution in [2.75, 3.05) is 26.7 Å². The lowest BCUT2D eigenvalue weighted by molar-refractivity contribution is 0.0791. The molecule has 30 heavy (non-hydrogen) atoms. The van der Waals surface area contributed by atoms with Crippen LogP contribution in [0.2, 0.25) is 0 Å². The van der Waals surface area contributed by atoms with Crippen LogP contribution in [-0.2, 0) is 13.0 Å². The quantitative estimate of drug-likeness (QED) is 0.674. The lowest BCUT2D eigenvalue weighted by atomic mass is 9.99. The third-order valence-electron chi connectivity index (χ3n) is 6.23. The normalized spacial score (nSPS) is 19.0. The summed E-state index contributed by atoms with van der Waals surface area (Å²) in [6, 6.07) is 18.0. The SMILES string of the molecule is CN1CCc2nc(C3CCN(C(=O)c4ccccc4-c4ccccc4)C3)ncc2C1. The van der Waals surface area contributed by atoms with Crippen LogP contribution in [0.1, 0.15) is 39.8 Å². The Balaban J connectivity index is 1.35. The Bertz CT molecular complexity index is 1070. The molecule has 1 fully saturated rings. The number of benzene rings is 2. The summed E-state index contributed by atoms with van der Waals surface area (Å²) >= 11 is 0. The van der Waals surface area contributed by atoms with Crippen LogP contribution in [0.25, 0.3) is 11.1 Å². The van der Waals surface area contributed by atoms with E-state index in [-0.39, 0.29) is 11.8 Å². The molecule has 5 nitrogen and oxygen atoms in total. The first-order valence-electron chi connectivity index (χ1n) is 10.7. The number of carbonyl (C=O) groups excluding carboxylic acids is 1. The third-order valence-corrected chi connectivity index (χ3v) is 6.23. The number of likely N-dealkylation sites (tertiary alicyclic amines) is 1. The highest BCUT2D eigenvalue weighted by molar-refractivity contribution is 6.01. The number of rotatable bonds is 3. The van der Waals surface area contributed by atoms with Crippen molar-refractivity contribution in [2.45, 2.75) is 25.3 Å². The maximum absolute atomic E-state index is 13.4. The molecule has 5 heteroatoms. The summed E-state index contributed by atoms with van der Waals surface area (Å²) < 4.78 is 0. The molecule has 3 heterocycles. The van der Waals surface area contributed by atoms with Gasteiger partial charge < -0.3 is 9.80 Å². The summed E-state index contributed by atoms with van der Waals surface area (Å²) in [6.07, 6.45) is 3.88. The Morgan fingerprint density at radius 1 is 1.03 bits per heavy atom. The van der Waals surface area contributed by atoms with Crippen molar-refractivity contribution in [2.24, 2.45) is 0 Å². The summed E-state index contributed by atoms with van der Waals surface area (Å²) in [7, 11) is 2.13. The van der Waals surface area contributed by atoms with Gasteiger partial charge in [0.05, 0.1) is 0 Å². The number of nitrogens with zero attached hydrogens (tertiary/aromatic N) is 4. The number of hydrogen-bond acceptors (Lipinski definition) is 4. The molecule has 0 spiro atoms. The van der Waals surface area contributed by atoms with Crippen molar-refractivity contribution in [3.05, 3.63) is 83.4 Å². The highest BCUT2D eigenvalue weighted by atomic mass is 16.2. The van der Waals surface area contributed by atoms with Crippen molar-refractivity contribution in [1.82, 2.24) is 19.8 Å². The van der Waals surface area contributed by atoms with E-state index < -0.39 is 0 Å². The average molecular weight is 399 g/mol. The second-order valence-electron chi connectivity index (χ2n) is 8.34. The maximum Gasteiger partial charge on any atom is 0.254 e. The Hall–Kier alpha value is -3.05. The molecule has 1 amide bonds. The Labute approximate surface area is 177 Å². The standard InChI is InChI=1S/C25H26N4O/c1-28-13-12-23-20(16-28)15-26-24(27-23)19-11-14-29(17-19)25(30)22-10-6-5-9-21(22)18-7-3-2-4-8-18/h2-10,15,19H,11-14,16-17H2,1H3. The highest BCUT2D eigenvalue weighted by Crippen LogP contribution is 2.30. The minimum atomic E-state index is 0.0940. The van der Waals surface area contributed by atoms with Crippen LogP contribution in [0.3, 0.4) is 0 Å². The van der Waals surface area contributed by atoms with Gasteiger partial charge in [-0.05, 0) is 30.7 Å². The summed E-state index contributed by atoms with van der Waals surface area (Å²) in [4.78, 5) is 27.2. The van der Waals surface area contributed by atoms with Gasteiger partial charge in [0.2, 0.25) is 0 Å². The zero-order valence-corrected chi connectivity index (χ0v) is 17.3. The van der Waals surface area contributed by atoms with Gasteiger partial charge in [-0.3, -0.25) is 4.79 Å². The molecule has 0 bridgehead atoms. The molecule has 0 saturated carbocycles. The van der Waals surface area contributed by atoms with Crippen LogP contribution < -0.4 is 0 Å². The van der Waals surface area contributed by atoms with E-state index in [1.807, 2.05) is 53.6 Å². The molecule has 1 aromatic heterocycles. The van der Waals surface area contributed by atoms with E-state index in [4.69, 9.17) is 4.98 Å². The van der Waals surface area contributed by atoms with Crippen LogP contribution in [0.4, 0.5) is 0 Å². The van der Waals surface area contributed by atoms with Crippen molar-refractivity contribution >= 4 is 5.91 Å². The minimum Gasteiger partial charge on any atom is -0.338 e. The van der Waals surface area contributed by atoms with Crippen LogP contribution >= 0.6 is 0 Å². The van der Waals surface area contributed by atoms with Crippen LogP contribution in [0.5, 0.6) is 0 Å². The number of hydrogen-bond donors (Lipinski definition) is 0. The van der Waals surface area contributed by atoms with Gasteiger partial charge in [-0.1, -0.05) is 48.5 Å². The van der Waals surface area contributed by atoms with Gasteiger partial charge in [0.25, 0.3) is 5.91 Å². The highest BCUT2D eigenvalue weighted by Gasteiger charge is 2.31. The lowest BCUT2D eigenvalue weighted by Gasteiger charge is -2.24. The molecule has 152 valence electrons. The molecule has 5 rings (SSSR count). The van der Waals surface area contributed by atoms with Gasteiger partial charge in [0.1, 0.15) is 5.82 Å². The van der Waals surface area contributed by atoms with Gasteiger partial charge in [-0.25, -0.2) is 9.97 Å². The van der Waals surface area contributed by atoms with Crippen LogP contribution in [0, 0.1) is 0 Å². The van der Waals surface area contributed by atoms with E-state index in [0.717, 1.165) is 55.0 Å². The molecule has 1 unspecified atom stereocenters. The monoisotopic (exact) mass is 398 g/mol. The molecule has 1 atom stereocenters. The first-order valence-corrected chi connectivity index (χ1v) is 10.7. The van der Waals surface area contributed by atoms with E-state index in [2.05, 4.69) is 29.1 Å². The molecule has 0 radical (unpaired) electrons. The topological polar surface area (TPSA) is 49.3 Å². The first-order chi connectivity index (χ1) is 14.7. The van der Waals surface area contributed by atoms with Gasteiger partial charge in [0, 0.05) is 61.5 Å². The fourth-order valence-electron chi connectivity index (χ4n) is 4.53. The molecule has 2 aliphatic rings. The predicted molar refractivity (Wildman–Crippen MR) is 117 cm³/mol. The fraction of sp³-hybridized carbons (Fsp3) is 0.320. The largest absolute Gasteiger partial charge is 0.338 e. The number of carbonyl (C=O) groups is 1. The zero-order chi connectivity index (χ0) is 20.5. The van der Waals surface area contributed by atoms with E-state index >= 15 is 0 Å². The van der Waals surface area contributed by atoms with E-state index in [1.54, 1.807) is 0 Å². The summed E-state index contributed by atoms with van der Waals surface area (Å²) in [5.74, 6) is 1.20. The Kier molecular flexibility index (Phi) is 5.05. The summed E-state index contributed by atoms with van der Waals surface area (Å²) in [5.41, 5.74) is 5.23. The van der Waals surface area contributed by atoms with E-state index in [1.165, 1.54) is 11.3 Å². The minimum absolute atomic E-state index is 0.0940. The van der Waals surface area contributed by atoms with Gasteiger partial charge in [-0.2, -0.15) is 0 Å². The van der Waals surface area contributed by atoms with Gasteiger partial charge in [-0.15, -0.1) is 0 Å². The van der Waals surface area contributed by atoms with Crippen LogP contribution in [0.15, 0.2) is 60.8 Å². The molecule has 2 aromatic carbocycles. The van der Waals surface area contributed by atoms with Crippen molar-refractivity contribution in [3.8, 4) is 11.1 Å². The molecule has 3 aromatic rings. The van der Waals surface area contributed by atoms with Gasteiger partial charge >= 0.3 is 0 Å². The van der Waals surface area contributed by atoms with E-state index in [0.29, 0.717) is 6.54 Å². The smallest absolute Gasteiger partial charge is 0.254 e. The zero-order valence-electron chi connectivity index (χ0n) is 17.3. The van der Waals surface area contributed by atoms with Crippen molar-refractivity contribution in [1.29, 1.82) is 0 Å². The second kappa shape index (κ2) is 8.00.